The number of amides is 1. The number of carbonyl (C=O) groups is 2. The van der Waals surface area contributed by atoms with Crippen LogP contribution in [0.25, 0.3) is 0 Å². The van der Waals surface area contributed by atoms with E-state index in [1.54, 1.807) is 30.3 Å². The number of carbonyl (C=O) groups excluding carboxylic acids is 2. The number of esters is 1. The molecule has 0 spiro atoms. The zero-order valence-electron chi connectivity index (χ0n) is 12.5. The Hall–Kier alpha value is -2.89. The summed E-state index contributed by atoms with van der Waals surface area (Å²) in [4.78, 5) is 23.4. The molecular formula is C17H16FNO4. The highest BCUT2D eigenvalue weighted by Gasteiger charge is 2.09. The minimum absolute atomic E-state index is 0.0466. The van der Waals surface area contributed by atoms with Gasteiger partial charge in [-0.25, -0.2) is 4.39 Å². The van der Waals surface area contributed by atoms with Crippen LogP contribution in [0.1, 0.15) is 15.9 Å². The Morgan fingerprint density at radius 2 is 1.87 bits per heavy atom. The number of benzene rings is 2. The van der Waals surface area contributed by atoms with Gasteiger partial charge in [0.15, 0.2) is 0 Å². The van der Waals surface area contributed by atoms with Crippen molar-refractivity contribution in [3.63, 3.8) is 0 Å². The second-order valence-corrected chi connectivity index (χ2v) is 4.70. The number of methoxy groups -OCH3 is 1. The minimum atomic E-state index is -0.601. The fourth-order valence-electron chi connectivity index (χ4n) is 1.84. The Balaban J connectivity index is 1.78. The zero-order valence-corrected chi connectivity index (χ0v) is 12.5. The molecule has 0 saturated heterocycles. The summed E-state index contributed by atoms with van der Waals surface area (Å²) in [7, 11) is 1.53. The first kappa shape index (κ1) is 16.5. The summed E-state index contributed by atoms with van der Waals surface area (Å²) in [5.41, 5.74) is 0.948. The number of halogens is 1. The number of ether oxygens (including phenoxy) is 2. The van der Waals surface area contributed by atoms with Crippen LogP contribution in [-0.2, 0) is 16.1 Å². The van der Waals surface area contributed by atoms with Crippen LogP contribution in [0.3, 0.4) is 0 Å². The zero-order chi connectivity index (χ0) is 16.7. The van der Waals surface area contributed by atoms with Crippen molar-refractivity contribution in [3.8, 4) is 5.75 Å². The third-order valence-corrected chi connectivity index (χ3v) is 3.03. The molecule has 5 nitrogen and oxygen atoms in total. The van der Waals surface area contributed by atoms with Crippen LogP contribution in [0.2, 0.25) is 0 Å². The SMILES string of the molecule is COc1ccc(C(=O)NCC(=O)OCc2cccc(F)c2)cc1. The molecule has 0 unspecified atom stereocenters. The average Bonchev–Trinajstić information content (AvgIpc) is 2.58. The third-order valence-electron chi connectivity index (χ3n) is 3.03. The molecule has 0 aliphatic rings. The first-order chi connectivity index (χ1) is 11.1. The van der Waals surface area contributed by atoms with Crippen molar-refractivity contribution in [2.24, 2.45) is 0 Å². The lowest BCUT2D eigenvalue weighted by molar-refractivity contribution is -0.143. The standard InChI is InChI=1S/C17H16FNO4/c1-22-15-7-5-13(6-8-15)17(21)19-10-16(20)23-11-12-3-2-4-14(18)9-12/h2-9H,10-11H2,1H3,(H,19,21). The second-order valence-electron chi connectivity index (χ2n) is 4.70. The third kappa shape index (κ3) is 5.10. The number of rotatable bonds is 6. The summed E-state index contributed by atoms with van der Waals surface area (Å²) < 4.78 is 22.9. The summed E-state index contributed by atoms with van der Waals surface area (Å²) >= 11 is 0. The fraction of sp³-hybridized carbons (Fsp3) is 0.176. The van der Waals surface area contributed by atoms with Gasteiger partial charge in [0.25, 0.3) is 5.91 Å². The first-order valence-corrected chi connectivity index (χ1v) is 6.91. The smallest absolute Gasteiger partial charge is 0.325 e. The van der Waals surface area contributed by atoms with Crippen LogP contribution >= 0.6 is 0 Å². The lowest BCUT2D eigenvalue weighted by atomic mass is 10.2. The molecule has 0 aliphatic carbocycles. The van der Waals surface area contributed by atoms with Gasteiger partial charge in [-0.1, -0.05) is 12.1 Å². The van der Waals surface area contributed by atoms with E-state index in [9.17, 15) is 14.0 Å². The van der Waals surface area contributed by atoms with E-state index < -0.39 is 17.7 Å². The molecule has 2 aromatic carbocycles. The molecule has 0 saturated carbocycles. The fourth-order valence-corrected chi connectivity index (χ4v) is 1.84. The Labute approximate surface area is 133 Å². The highest BCUT2D eigenvalue weighted by Crippen LogP contribution is 2.11. The van der Waals surface area contributed by atoms with E-state index in [0.29, 0.717) is 16.9 Å². The van der Waals surface area contributed by atoms with Gasteiger partial charge in [0.2, 0.25) is 0 Å². The molecule has 0 bridgehead atoms. The molecule has 6 heteroatoms. The van der Waals surface area contributed by atoms with E-state index >= 15 is 0 Å². The molecule has 0 radical (unpaired) electrons. The monoisotopic (exact) mass is 317 g/mol. The second kappa shape index (κ2) is 7.93. The van der Waals surface area contributed by atoms with Gasteiger partial charge in [-0.3, -0.25) is 9.59 Å². The molecule has 0 aromatic heterocycles. The van der Waals surface area contributed by atoms with Crippen LogP contribution in [0, 0.1) is 5.82 Å². The van der Waals surface area contributed by atoms with Crippen molar-refractivity contribution in [2.75, 3.05) is 13.7 Å². The summed E-state index contributed by atoms with van der Waals surface area (Å²) in [5.74, 6) is -0.756. The van der Waals surface area contributed by atoms with Crippen LogP contribution in [0.5, 0.6) is 5.75 Å². The lowest BCUT2D eigenvalue weighted by Crippen LogP contribution is -2.30. The van der Waals surface area contributed by atoms with Crippen molar-refractivity contribution < 1.29 is 23.5 Å². The Morgan fingerprint density at radius 3 is 2.52 bits per heavy atom. The van der Waals surface area contributed by atoms with Crippen LogP contribution in [0.4, 0.5) is 4.39 Å². The van der Waals surface area contributed by atoms with Crippen LogP contribution in [0.15, 0.2) is 48.5 Å². The summed E-state index contributed by atoms with van der Waals surface area (Å²) in [6, 6.07) is 12.2. The van der Waals surface area contributed by atoms with Crippen molar-refractivity contribution in [1.82, 2.24) is 5.32 Å². The maximum atomic E-state index is 13.0. The lowest BCUT2D eigenvalue weighted by Gasteiger charge is -2.07. The maximum Gasteiger partial charge on any atom is 0.325 e. The number of hydrogen-bond acceptors (Lipinski definition) is 4. The molecule has 1 amide bonds. The Bertz CT molecular complexity index is 685. The number of hydrogen-bond donors (Lipinski definition) is 1. The first-order valence-electron chi connectivity index (χ1n) is 6.91. The minimum Gasteiger partial charge on any atom is -0.497 e. The van der Waals surface area contributed by atoms with E-state index in [1.165, 1.54) is 25.3 Å². The molecule has 0 fully saturated rings. The van der Waals surface area contributed by atoms with E-state index in [-0.39, 0.29) is 13.2 Å². The molecule has 120 valence electrons. The molecule has 0 atom stereocenters. The van der Waals surface area contributed by atoms with Crippen LogP contribution in [-0.4, -0.2) is 25.5 Å². The van der Waals surface area contributed by atoms with Gasteiger partial charge in [0, 0.05) is 5.56 Å². The highest BCUT2D eigenvalue weighted by molar-refractivity contribution is 5.96. The van der Waals surface area contributed by atoms with E-state index in [2.05, 4.69) is 5.32 Å². The molecule has 0 aliphatic heterocycles. The van der Waals surface area contributed by atoms with Gasteiger partial charge < -0.3 is 14.8 Å². The molecule has 2 aromatic rings. The summed E-state index contributed by atoms with van der Waals surface area (Å²) in [5, 5.41) is 2.46. The largest absolute Gasteiger partial charge is 0.497 e. The van der Waals surface area contributed by atoms with Gasteiger partial charge >= 0.3 is 5.97 Å². The van der Waals surface area contributed by atoms with Crippen molar-refractivity contribution >= 4 is 11.9 Å². The van der Waals surface area contributed by atoms with Gasteiger partial charge in [-0.2, -0.15) is 0 Å². The van der Waals surface area contributed by atoms with E-state index in [1.807, 2.05) is 0 Å². The van der Waals surface area contributed by atoms with Gasteiger partial charge in [-0.05, 0) is 42.0 Å². The quantitative estimate of drug-likeness (QED) is 0.830. The summed E-state index contributed by atoms with van der Waals surface area (Å²) in [6.07, 6.45) is 0. The van der Waals surface area contributed by atoms with Crippen molar-refractivity contribution in [3.05, 3.63) is 65.5 Å². The molecule has 23 heavy (non-hydrogen) atoms. The van der Waals surface area contributed by atoms with Crippen molar-refractivity contribution in [1.29, 1.82) is 0 Å². The molecule has 0 heterocycles. The molecule has 1 N–H and O–H groups in total. The molecular weight excluding hydrogens is 301 g/mol. The highest BCUT2D eigenvalue weighted by atomic mass is 19.1. The predicted octanol–water partition coefficient (Wildman–Crippen LogP) is 2.31. The van der Waals surface area contributed by atoms with Gasteiger partial charge in [-0.15, -0.1) is 0 Å². The normalized spacial score (nSPS) is 10.0. The molecule has 2 rings (SSSR count). The Kier molecular flexibility index (Phi) is 5.68. The van der Waals surface area contributed by atoms with Crippen LogP contribution < -0.4 is 10.1 Å². The van der Waals surface area contributed by atoms with Gasteiger partial charge in [0.05, 0.1) is 7.11 Å². The summed E-state index contributed by atoms with van der Waals surface area (Å²) in [6.45, 7) is -0.310. The van der Waals surface area contributed by atoms with E-state index in [4.69, 9.17) is 9.47 Å². The van der Waals surface area contributed by atoms with E-state index in [0.717, 1.165) is 0 Å². The topological polar surface area (TPSA) is 64.6 Å². The number of nitrogens with one attached hydrogen (secondary N) is 1. The Morgan fingerprint density at radius 1 is 1.13 bits per heavy atom. The average molecular weight is 317 g/mol. The van der Waals surface area contributed by atoms with Gasteiger partial charge in [0.1, 0.15) is 24.7 Å². The van der Waals surface area contributed by atoms with Crippen molar-refractivity contribution in [2.45, 2.75) is 6.61 Å². The predicted molar refractivity (Wildman–Crippen MR) is 81.5 cm³/mol. The maximum absolute atomic E-state index is 13.0.